The molecule has 0 aromatic rings. The summed E-state index contributed by atoms with van der Waals surface area (Å²) in [6.07, 6.45) is 7.40. The summed E-state index contributed by atoms with van der Waals surface area (Å²) in [5.41, 5.74) is 6.46. The molecule has 0 heterocycles. The summed E-state index contributed by atoms with van der Waals surface area (Å²) < 4.78 is 0. The molecule has 2 nitrogen and oxygen atoms in total. The van der Waals surface area contributed by atoms with E-state index in [2.05, 4.69) is 39.0 Å². The van der Waals surface area contributed by atoms with Gasteiger partial charge in [-0.15, -0.1) is 0 Å². The van der Waals surface area contributed by atoms with Crippen molar-refractivity contribution in [2.75, 3.05) is 25.6 Å². The number of rotatable bonds is 6. The fourth-order valence-corrected chi connectivity index (χ4v) is 4.53. The van der Waals surface area contributed by atoms with Gasteiger partial charge in [0.25, 0.3) is 0 Å². The van der Waals surface area contributed by atoms with Crippen LogP contribution in [0.1, 0.15) is 46.5 Å². The van der Waals surface area contributed by atoms with Gasteiger partial charge in [-0.1, -0.05) is 27.2 Å². The fraction of sp³-hybridized carbons (Fsp3) is 1.00. The van der Waals surface area contributed by atoms with Crippen molar-refractivity contribution in [3.8, 4) is 0 Å². The van der Waals surface area contributed by atoms with Crippen molar-refractivity contribution in [2.45, 2.75) is 58.0 Å². The molecule has 0 bridgehead atoms. The van der Waals surface area contributed by atoms with Crippen LogP contribution in [0.5, 0.6) is 0 Å². The van der Waals surface area contributed by atoms with E-state index in [1.54, 1.807) is 0 Å². The third kappa shape index (κ3) is 3.23. The average molecular weight is 273 g/mol. The molecule has 1 rings (SSSR count). The molecule has 1 saturated carbocycles. The lowest BCUT2D eigenvalue weighted by atomic mass is 9.68. The maximum absolute atomic E-state index is 6.23. The van der Waals surface area contributed by atoms with Crippen molar-refractivity contribution in [1.29, 1.82) is 0 Å². The Morgan fingerprint density at radius 2 is 2.06 bits per heavy atom. The molecule has 0 radical (unpaired) electrons. The lowest BCUT2D eigenvalue weighted by molar-refractivity contribution is -0.00872. The van der Waals surface area contributed by atoms with E-state index in [4.69, 9.17) is 5.73 Å². The highest BCUT2D eigenvalue weighted by Crippen LogP contribution is 2.41. The second kappa shape index (κ2) is 7.16. The van der Waals surface area contributed by atoms with Crippen LogP contribution in [-0.4, -0.2) is 42.1 Å². The van der Waals surface area contributed by atoms with Crippen molar-refractivity contribution in [2.24, 2.45) is 17.6 Å². The second-order valence-corrected chi connectivity index (χ2v) is 7.13. The molecule has 108 valence electrons. The Morgan fingerprint density at radius 3 is 2.56 bits per heavy atom. The zero-order valence-electron chi connectivity index (χ0n) is 12.9. The number of thioether (sulfide) groups is 1. The van der Waals surface area contributed by atoms with Gasteiger partial charge < -0.3 is 5.73 Å². The highest BCUT2D eigenvalue weighted by molar-refractivity contribution is 7.98. The zero-order valence-corrected chi connectivity index (χ0v) is 13.7. The van der Waals surface area contributed by atoms with Gasteiger partial charge in [-0.3, -0.25) is 4.90 Å². The van der Waals surface area contributed by atoms with Gasteiger partial charge in [-0.2, -0.15) is 11.8 Å². The van der Waals surface area contributed by atoms with Crippen LogP contribution in [0.3, 0.4) is 0 Å². The summed E-state index contributed by atoms with van der Waals surface area (Å²) in [5.74, 6) is 2.76. The van der Waals surface area contributed by atoms with Crippen LogP contribution in [0.4, 0.5) is 0 Å². The van der Waals surface area contributed by atoms with E-state index in [1.807, 2.05) is 11.8 Å². The van der Waals surface area contributed by atoms with Crippen LogP contribution < -0.4 is 5.73 Å². The second-order valence-electron chi connectivity index (χ2n) is 6.22. The normalized spacial score (nSPS) is 34.8. The minimum atomic E-state index is 0.230. The molecule has 0 amide bonds. The largest absolute Gasteiger partial charge is 0.329 e. The predicted octanol–water partition coefficient (Wildman–Crippen LogP) is 3.21. The Labute approximate surface area is 118 Å². The van der Waals surface area contributed by atoms with E-state index < -0.39 is 0 Å². The molecule has 3 heteroatoms. The number of hydrogen-bond donors (Lipinski definition) is 1. The number of hydrogen-bond acceptors (Lipinski definition) is 3. The van der Waals surface area contributed by atoms with Crippen molar-refractivity contribution in [1.82, 2.24) is 4.90 Å². The lowest BCUT2D eigenvalue weighted by Crippen LogP contribution is -2.62. The molecule has 1 aliphatic carbocycles. The molecule has 1 aliphatic rings. The van der Waals surface area contributed by atoms with E-state index in [-0.39, 0.29) is 5.54 Å². The molecule has 0 saturated heterocycles. The summed E-state index contributed by atoms with van der Waals surface area (Å²) >= 11 is 1.96. The van der Waals surface area contributed by atoms with E-state index in [9.17, 15) is 0 Å². The van der Waals surface area contributed by atoms with Gasteiger partial charge in [0, 0.05) is 23.9 Å². The smallest absolute Gasteiger partial charge is 0.0359 e. The van der Waals surface area contributed by atoms with Gasteiger partial charge in [-0.05, 0) is 44.4 Å². The zero-order chi connectivity index (χ0) is 13.8. The molecular weight excluding hydrogens is 240 g/mol. The molecule has 0 aliphatic heterocycles. The Hall–Kier alpha value is 0.270. The van der Waals surface area contributed by atoms with E-state index in [0.29, 0.717) is 6.04 Å². The molecule has 2 N–H and O–H groups in total. The topological polar surface area (TPSA) is 29.3 Å². The van der Waals surface area contributed by atoms with Crippen LogP contribution in [0.15, 0.2) is 0 Å². The lowest BCUT2D eigenvalue weighted by Gasteiger charge is -2.53. The predicted molar refractivity (Wildman–Crippen MR) is 84.2 cm³/mol. The molecule has 0 aromatic carbocycles. The molecular formula is C15H32N2S. The van der Waals surface area contributed by atoms with E-state index >= 15 is 0 Å². The summed E-state index contributed by atoms with van der Waals surface area (Å²) in [4.78, 5) is 2.63. The number of likely N-dealkylation sites (N-methyl/N-ethyl adjacent to an activating group) is 1. The Balaban J connectivity index is 2.89. The van der Waals surface area contributed by atoms with Gasteiger partial charge in [0.2, 0.25) is 0 Å². The van der Waals surface area contributed by atoms with Crippen LogP contribution in [0, 0.1) is 11.8 Å². The Bertz CT molecular complexity index is 247. The molecule has 1 fully saturated rings. The first kappa shape index (κ1) is 16.3. The van der Waals surface area contributed by atoms with Gasteiger partial charge in [-0.25, -0.2) is 0 Å². The maximum atomic E-state index is 6.23. The van der Waals surface area contributed by atoms with E-state index in [0.717, 1.165) is 18.4 Å². The summed E-state index contributed by atoms with van der Waals surface area (Å²) in [6.45, 7) is 7.90. The first-order valence-electron chi connectivity index (χ1n) is 7.43. The van der Waals surface area contributed by atoms with Crippen LogP contribution in [0.2, 0.25) is 0 Å². The van der Waals surface area contributed by atoms with Crippen LogP contribution in [-0.2, 0) is 0 Å². The molecule has 4 unspecified atom stereocenters. The highest BCUT2D eigenvalue weighted by atomic mass is 32.2. The first-order valence-corrected chi connectivity index (χ1v) is 8.83. The number of nitrogens with two attached hydrogens (primary N) is 1. The maximum Gasteiger partial charge on any atom is 0.0359 e. The van der Waals surface area contributed by atoms with Crippen LogP contribution >= 0.6 is 11.8 Å². The van der Waals surface area contributed by atoms with Crippen LogP contribution in [0.25, 0.3) is 0 Å². The van der Waals surface area contributed by atoms with Crippen molar-refractivity contribution in [3.05, 3.63) is 0 Å². The SMILES string of the molecule is CCC(CSC)N(C)C1(CN)CC(C)CCC1C. The molecule has 0 aromatic heterocycles. The van der Waals surface area contributed by atoms with Crippen molar-refractivity contribution < 1.29 is 0 Å². The quantitative estimate of drug-likeness (QED) is 0.805. The highest BCUT2D eigenvalue weighted by Gasteiger charge is 2.44. The molecule has 18 heavy (non-hydrogen) atoms. The Morgan fingerprint density at radius 1 is 1.39 bits per heavy atom. The minimum absolute atomic E-state index is 0.230. The van der Waals surface area contributed by atoms with Gasteiger partial charge in [0.15, 0.2) is 0 Å². The number of nitrogens with zero attached hydrogens (tertiary/aromatic N) is 1. The summed E-state index contributed by atoms with van der Waals surface area (Å²) in [5, 5.41) is 0. The monoisotopic (exact) mass is 272 g/mol. The summed E-state index contributed by atoms with van der Waals surface area (Å²) in [7, 11) is 2.31. The van der Waals surface area contributed by atoms with Crippen molar-refractivity contribution >= 4 is 11.8 Å². The van der Waals surface area contributed by atoms with Gasteiger partial charge in [0.05, 0.1) is 0 Å². The first-order chi connectivity index (χ1) is 8.51. The third-order valence-electron chi connectivity index (χ3n) is 5.15. The standard InChI is InChI=1S/C15H32N2S/c1-6-14(10-18-5)17(4)15(11-16)9-12(2)7-8-13(15)3/h12-14H,6-11,16H2,1-5H3. The van der Waals surface area contributed by atoms with Gasteiger partial charge >= 0.3 is 0 Å². The van der Waals surface area contributed by atoms with Gasteiger partial charge in [0.1, 0.15) is 0 Å². The fourth-order valence-electron chi connectivity index (χ4n) is 3.69. The van der Waals surface area contributed by atoms with E-state index in [1.165, 1.54) is 31.4 Å². The Kier molecular flexibility index (Phi) is 6.49. The third-order valence-corrected chi connectivity index (χ3v) is 5.86. The molecule has 0 spiro atoms. The van der Waals surface area contributed by atoms with Crippen molar-refractivity contribution in [3.63, 3.8) is 0 Å². The summed E-state index contributed by atoms with van der Waals surface area (Å²) in [6, 6.07) is 0.663. The minimum Gasteiger partial charge on any atom is -0.329 e. The average Bonchev–Trinajstić information content (AvgIpc) is 2.38. The molecule has 4 atom stereocenters.